The van der Waals surface area contributed by atoms with Gasteiger partial charge in [-0.15, -0.1) is 0 Å². The second kappa shape index (κ2) is 7.23. The molecule has 2 aromatic rings. The summed E-state index contributed by atoms with van der Waals surface area (Å²) in [6.07, 6.45) is 3.60. The molecule has 2 fully saturated rings. The second-order valence-corrected chi connectivity index (χ2v) is 7.89. The van der Waals surface area contributed by atoms with Gasteiger partial charge in [-0.05, 0) is 74.2 Å². The predicted molar refractivity (Wildman–Crippen MR) is 108 cm³/mol. The Hall–Kier alpha value is -2.95. The van der Waals surface area contributed by atoms with Crippen LogP contribution in [-0.2, 0) is 9.59 Å². The van der Waals surface area contributed by atoms with Crippen LogP contribution in [0.15, 0.2) is 42.5 Å². The maximum Gasteiger partial charge on any atom is 0.255 e. The predicted octanol–water partition coefficient (Wildman–Crippen LogP) is 4.24. The van der Waals surface area contributed by atoms with Gasteiger partial charge in [-0.1, -0.05) is 18.9 Å². The molecule has 1 N–H and O–H groups in total. The molecule has 2 aliphatic rings. The Balaban J connectivity index is 1.51. The number of fused-ring (bicyclic) bond motifs is 1. The molecule has 1 saturated heterocycles. The average Bonchev–Trinajstić information content (AvgIpc) is 2.92. The van der Waals surface area contributed by atoms with Crippen molar-refractivity contribution in [1.29, 1.82) is 0 Å². The Kier molecular flexibility index (Phi) is 4.75. The maximum atomic E-state index is 12.7. The van der Waals surface area contributed by atoms with E-state index in [4.69, 9.17) is 0 Å². The van der Waals surface area contributed by atoms with Gasteiger partial charge in [-0.25, -0.2) is 0 Å². The molecule has 5 heteroatoms. The van der Waals surface area contributed by atoms with E-state index in [1.54, 1.807) is 24.3 Å². The second-order valence-electron chi connectivity index (χ2n) is 7.89. The lowest BCUT2D eigenvalue weighted by atomic mass is 9.81. The standard InChI is InChI=1S/C23H24N2O3/c1-14-11-15(2)13-17(12-14)24-21(26)16-7-9-18(10-8-16)25-22(27)19-5-3-4-6-20(19)23(25)28/h7-13,19-20H,3-6H2,1-2H3,(H,24,26)/t19-,20-/m0/s1. The average molecular weight is 376 g/mol. The lowest BCUT2D eigenvalue weighted by Crippen LogP contribution is -2.30. The molecule has 144 valence electrons. The smallest absolute Gasteiger partial charge is 0.255 e. The van der Waals surface area contributed by atoms with Crippen molar-refractivity contribution < 1.29 is 14.4 Å². The molecule has 0 unspecified atom stereocenters. The lowest BCUT2D eigenvalue weighted by Gasteiger charge is -2.19. The summed E-state index contributed by atoms with van der Waals surface area (Å²) in [4.78, 5) is 39.3. The van der Waals surface area contributed by atoms with Gasteiger partial charge in [-0.3, -0.25) is 19.3 Å². The van der Waals surface area contributed by atoms with Crippen molar-refractivity contribution in [2.75, 3.05) is 10.2 Å². The largest absolute Gasteiger partial charge is 0.322 e. The SMILES string of the molecule is Cc1cc(C)cc(NC(=O)c2ccc(N3C(=O)[C@H]4CCCC[C@@H]4C3=O)cc2)c1. The van der Waals surface area contributed by atoms with Crippen molar-refractivity contribution in [2.24, 2.45) is 11.8 Å². The Morgan fingerprint density at radius 3 is 1.96 bits per heavy atom. The lowest BCUT2D eigenvalue weighted by molar-refractivity contribution is -0.122. The van der Waals surface area contributed by atoms with E-state index in [0.29, 0.717) is 11.3 Å². The van der Waals surface area contributed by atoms with Crippen LogP contribution in [0.25, 0.3) is 0 Å². The fraction of sp³-hybridized carbons (Fsp3) is 0.348. The molecule has 1 heterocycles. The first-order chi connectivity index (χ1) is 13.4. The highest BCUT2D eigenvalue weighted by atomic mass is 16.2. The summed E-state index contributed by atoms with van der Waals surface area (Å²) in [5.41, 5.74) is 3.95. The Morgan fingerprint density at radius 1 is 0.893 bits per heavy atom. The van der Waals surface area contributed by atoms with Crippen molar-refractivity contribution in [3.63, 3.8) is 0 Å². The third kappa shape index (κ3) is 3.33. The number of aryl methyl sites for hydroxylation is 2. The van der Waals surface area contributed by atoms with Crippen LogP contribution in [0.5, 0.6) is 0 Å². The normalized spacial score (nSPS) is 21.6. The van der Waals surface area contributed by atoms with Crippen LogP contribution in [0.2, 0.25) is 0 Å². The molecular weight excluding hydrogens is 352 g/mol. The number of hydrogen-bond acceptors (Lipinski definition) is 3. The van der Waals surface area contributed by atoms with E-state index in [9.17, 15) is 14.4 Å². The minimum Gasteiger partial charge on any atom is -0.322 e. The number of carbonyl (C=O) groups is 3. The highest BCUT2D eigenvalue weighted by molar-refractivity contribution is 6.22. The van der Waals surface area contributed by atoms with E-state index in [1.807, 2.05) is 32.0 Å². The zero-order valence-corrected chi connectivity index (χ0v) is 16.2. The minimum absolute atomic E-state index is 0.0952. The molecule has 2 aromatic carbocycles. The number of benzene rings is 2. The summed E-state index contributed by atoms with van der Waals surface area (Å²) in [6, 6.07) is 12.6. The van der Waals surface area contributed by atoms with Crippen molar-refractivity contribution >= 4 is 29.1 Å². The van der Waals surface area contributed by atoms with Crippen LogP contribution < -0.4 is 10.2 Å². The molecule has 1 aliphatic carbocycles. The first kappa shape index (κ1) is 18.4. The quantitative estimate of drug-likeness (QED) is 0.815. The zero-order valence-electron chi connectivity index (χ0n) is 16.2. The number of rotatable bonds is 3. The van der Waals surface area contributed by atoms with Crippen LogP contribution >= 0.6 is 0 Å². The summed E-state index contributed by atoms with van der Waals surface area (Å²) >= 11 is 0. The van der Waals surface area contributed by atoms with Gasteiger partial charge in [-0.2, -0.15) is 0 Å². The Labute approximate surface area is 164 Å². The van der Waals surface area contributed by atoms with Gasteiger partial charge in [0.1, 0.15) is 0 Å². The molecule has 0 radical (unpaired) electrons. The maximum absolute atomic E-state index is 12.7. The van der Waals surface area contributed by atoms with Gasteiger partial charge >= 0.3 is 0 Å². The number of amides is 3. The van der Waals surface area contributed by atoms with E-state index in [1.165, 1.54) is 4.90 Å². The number of anilines is 2. The monoisotopic (exact) mass is 376 g/mol. The molecule has 0 spiro atoms. The zero-order chi connectivity index (χ0) is 19.8. The van der Waals surface area contributed by atoms with Gasteiger partial charge in [0.2, 0.25) is 11.8 Å². The number of nitrogens with zero attached hydrogens (tertiary/aromatic N) is 1. The van der Waals surface area contributed by atoms with Gasteiger partial charge < -0.3 is 5.32 Å². The third-order valence-corrected chi connectivity index (χ3v) is 5.71. The molecule has 5 nitrogen and oxygen atoms in total. The highest BCUT2D eigenvalue weighted by Gasteiger charge is 2.48. The minimum atomic E-state index is -0.218. The number of nitrogens with one attached hydrogen (secondary N) is 1. The van der Waals surface area contributed by atoms with Crippen LogP contribution in [0, 0.1) is 25.7 Å². The van der Waals surface area contributed by atoms with Crippen molar-refractivity contribution in [1.82, 2.24) is 0 Å². The van der Waals surface area contributed by atoms with Gasteiger partial charge in [0.25, 0.3) is 5.91 Å². The topological polar surface area (TPSA) is 66.5 Å². The highest BCUT2D eigenvalue weighted by Crippen LogP contribution is 2.40. The molecule has 0 aromatic heterocycles. The summed E-state index contributed by atoms with van der Waals surface area (Å²) in [5.74, 6) is -0.754. The van der Waals surface area contributed by atoms with E-state index in [2.05, 4.69) is 5.32 Å². The van der Waals surface area contributed by atoms with E-state index < -0.39 is 0 Å². The molecule has 4 rings (SSSR count). The molecule has 28 heavy (non-hydrogen) atoms. The van der Waals surface area contributed by atoms with Crippen LogP contribution in [0.4, 0.5) is 11.4 Å². The summed E-state index contributed by atoms with van der Waals surface area (Å²) in [7, 11) is 0. The van der Waals surface area contributed by atoms with Crippen LogP contribution in [0.1, 0.15) is 47.2 Å². The van der Waals surface area contributed by atoms with E-state index in [0.717, 1.165) is 42.5 Å². The number of hydrogen-bond donors (Lipinski definition) is 1. The molecule has 2 atom stereocenters. The number of carbonyl (C=O) groups excluding carboxylic acids is 3. The fourth-order valence-electron chi connectivity index (χ4n) is 4.43. The Bertz CT molecular complexity index is 905. The third-order valence-electron chi connectivity index (χ3n) is 5.71. The van der Waals surface area contributed by atoms with Gasteiger partial charge in [0.15, 0.2) is 0 Å². The first-order valence-electron chi connectivity index (χ1n) is 9.81. The molecule has 1 saturated carbocycles. The molecule has 3 amide bonds. The summed E-state index contributed by atoms with van der Waals surface area (Å²) < 4.78 is 0. The first-order valence-corrected chi connectivity index (χ1v) is 9.81. The van der Waals surface area contributed by atoms with Crippen LogP contribution in [-0.4, -0.2) is 17.7 Å². The molecule has 1 aliphatic heterocycles. The van der Waals surface area contributed by atoms with Gasteiger partial charge in [0.05, 0.1) is 17.5 Å². The van der Waals surface area contributed by atoms with Crippen molar-refractivity contribution in [3.05, 3.63) is 59.2 Å². The van der Waals surface area contributed by atoms with Gasteiger partial charge in [0, 0.05) is 11.3 Å². The van der Waals surface area contributed by atoms with E-state index in [-0.39, 0.29) is 29.6 Å². The fourth-order valence-corrected chi connectivity index (χ4v) is 4.43. The Morgan fingerprint density at radius 2 is 1.43 bits per heavy atom. The summed E-state index contributed by atoms with van der Waals surface area (Å²) in [5, 5.41) is 2.90. The molecular formula is C23H24N2O3. The van der Waals surface area contributed by atoms with Crippen LogP contribution in [0.3, 0.4) is 0 Å². The number of imide groups is 1. The van der Waals surface area contributed by atoms with Crippen molar-refractivity contribution in [2.45, 2.75) is 39.5 Å². The summed E-state index contributed by atoms with van der Waals surface area (Å²) in [6.45, 7) is 3.97. The van der Waals surface area contributed by atoms with E-state index >= 15 is 0 Å². The molecule has 0 bridgehead atoms. The van der Waals surface area contributed by atoms with Crippen molar-refractivity contribution in [3.8, 4) is 0 Å².